The molecule has 1 amide bonds. The van der Waals surface area contributed by atoms with E-state index in [1.54, 1.807) is 24.3 Å². The molecule has 8 heteroatoms. The molecule has 1 aromatic carbocycles. The first-order chi connectivity index (χ1) is 10.0. The molecule has 0 heterocycles. The SMILES string of the molecule is Cl.NCCCC[C@H](NC(=O)OCc1ccccc1Cl)C(=O)O. The average molecular weight is 351 g/mol. The maximum Gasteiger partial charge on any atom is 0.408 e. The molecule has 1 aromatic rings. The minimum absolute atomic E-state index is 0. The minimum Gasteiger partial charge on any atom is -0.480 e. The normalized spacial score (nSPS) is 11.2. The Hall–Kier alpha value is -1.50. The van der Waals surface area contributed by atoms with Crippen molar-refractivity contribution >= 4 is 36.1 Å². The van der Waals surface area contributed by atoms with Crippen LogP contribution < -0.4 is 11.1 Å². The molecule has 6 nitrogen and oxygen atoms in total. The Kier molecular flexibility index (Phi) is 10.4. The van der Waals surface area contributed by atoms with Crippen LogP contribution in [0.15, 0.2) is 24.3 Å². The highest BCUT2D eigenvalue weighted by molar-refractivity contribution is 6.31. The molecule has 1 rings (SSSR count). The van der Waals surface area contributed by atoms with E-state index in [0.717, 1.165) is 0 Å². The van der Waals surface area contributed by atoms with Crippen LogP contribution in [-0.4, -0.2) is 29.8 Å². The summed E-state index contributed by atoms with van der Waals surface area (Å²) in [5, 5.41) is 11.8. The van der Waals surface area contributed by atoms with E-state index >= 15 is 0 Å². The maximum absolute atomic E-state index is 11.6. The zero-order valence-electron chi connectivity index (χ0n) is 12.0. The fourth-order valence-electron chi connectivity index (χ4n) is 1.69. The van der Waals surface area contributed by atoms with E-state index in [2.05, 4.69) is 5.32 Å². The van der Waals surface area contributed by atoms with E-state index in [1.807, 2.05) is 0 Å². The van der Waals surface area contributed by atoms with Gasteiger partial charge in [0.2, 0.25) is 0 Å². The van der Waals surface area contributed by atoms with Crippen molar-refractivity contribution in [1.82, 2.24) is 5.32 Å². The Labute approximate surface area is 140 Å². The molecular weight excluding hydrogens is 331 g/mol. The van der Waals surface area contributed by atoms with Crippen molar-refractivity contribution in [3.05, 3.63) is 34.9 Å². The number of carbonyl (C=O) groups is 2. The number of ether oxygens (including phenoxy) is 1. The van der Waals surface area contributed by atoms with Crippen LogP contribution in [-0.2, 0) is 16.1 Å². The van der Waals surface area contributed by atoms with Gasteiger partial charge < -0.3 is 20.9 Å². The average Bonchev–Trinajstić information content (AvgIpc) is 2.45. The standard InChI is InChI=1S/C14H19ClN2O4.ClH/c15-11-6-2-1-5-10(11)9-21-14(20)17-12(13(18)19)7-3-4-8-16;/h1-2,5-6,12H,3-4,7-9,16H2,(H,17,20)(H,18,19);1H/t12-;/m0./s1. The Morgan fingerprint density at radius 3 is 2.59 bits per heavy atom. The quantitative estimate of drug-likeness (QED) is 0.625. The fourth-order valence-corrected chi connectivity index (χ4v) is 1.88. The van der Waals surface area contributed by atoms with Gasteiger partial charge in [-0.2, -0.15) is 0 Å². The molecular formula is C14H20Cl2N2O4. The molecule has 0 aromatic heterocycles. The van der Waals surface area contributed by atoms with Gasteiger partial charge in [0.15, 0.2) is 0 Å². The van der Waals surface area contributed by atoms with Crippen LogP contribution in [0, 0.1) is 0 Å². The Morgan fingerprint density at radius 2 is 2.00 bits per heavy atom. The van der Waals surface area contributed by atoms with Crippen molar-refractivity contribution in [1.29, 1.82) is 0 Å². The number of aliphatic carboxylic acids is 1. The van der Waals surface area contributed by atoms with Gasteiger partial charge in [0.1, 0.15) is 12.6 Å². The van der Waals surface area contributed by atoms with Crippen LogP contribution in [0.1, 0.15) is 24.8 Å². The number of rotatable bonds is 8. The summed E-state index contributed by atoms with van der Waals surface area (Å²) >= 11 is 5.93. The van der Waals surface area contributed by atoms with E-state index in [0.29, 0.717) is 36.4 Å². The Balaban J connectivity index is 0.00000441. The van der Waals surface area contributed by atoms with E-state index in [9.17, 15) is 9.59 Å². The van der Waals surface area contributed by atoms with Crippen molar-refractivity contribution < 1.29 is 19.4 Å². The lowest BCUT2D eigenvalue weighted by molar-refractivity contribution is -0.139. The van der Waals surface area contributed by atoms with Crippen molar-refractivity contribution in [3.8, 4) is 0 Å². The second-order valence-electron chi connectivity index (χ2n) is 4.49. The van der Waals surface area contributed by atoms with Crippen LogP contribution in [0.5, 0.6) is 0 Å². The summed E-state index contributed by atoms with van der Waals surface area (Å²) in [7, 11) is 0. The summed E-state index contributed by atoms with van der Waals surface area (Å²) in [6, 6.07) is 5.98. The summed E-state index contributed by atoms with van der Waals surface area (Å²) in [5.41, 5.74) is 6.00. The molecule has 0 saturated carbocycles. The number of carbonyl (C=O) groups excluding carboxylic acids is 1. The highest BCUT2D eigenvalue weighted by Crippen LogP contribution is 2.15. The minimum atomic E-state index is -1.10. The first-order valence-corrected chi connectivity index (χ1v) is 7.02. The van der Waals surface area contributed by atoms with Crippen LogP contribution in [0.2, 0.25) is 5.02 Å². The lowest BCUT2D eigenvalue weighted by atomic mass is 10.1. The van der Waals surface area contributed by atoms with Gasteiger partial charge in [-0.1, -0.05) is 29.8 Å². The smallest absolute Gasteiger partial charge is 0.408 e. The predicted molar refractivity (Wildman–Crippen MR) is 86.3 cm³/mol. The second-order valence-corrected chi connectivity index (χ2v) is 4.89. The molecule has 4 N–H and O–H groups in total. The summed E-state index contributed by atoms with van der Waals surface area (Å²) in [5.74, 6) is -1.10. The van der Waals surface area contributed by atoms with Gasteiger partial charge in [-0.15, -0.1) is 12.4 Å². The third kappa shape index (κ3) is 7.49. The Morgan fingerprint density at radius 1 is 1.32 bits per heavy atom. The number of amides is 1. The van der Waals surface area contributed by atoms with Crippen molar-refractivity contribution in [2.24, 2.45) is 5.73 Å². The largest absolute Gasteiger partial charge is 0.480 e. The lowest BCUT2D eigenvalue weighted by Crippen LogP contribution is -2.41. The zero-order chi connectivity index (χ0) is 15.7. The van der Waals surface area contributed by atoms with Crippen LogP contribution >= 0.6 is 24.0 Å². The number of carboxylic acid groups (broad SMARTS) is 1. The van der Waals surface area contributed by atoms with E-state index in [1.165, 1.54) is 0 Å². The fraction of sp³-hybridized carbons (Fsp3) is 0.429. The second kappa shape index (κ2) is 11.1. The number of halogens is 2. The molecule has 0 aliphatic rings. The number of nitrogens with one attached hydrogen (secondary N) is 1. The number of nitrogens with two attached hydrogens (primary N) is 1. The Bertz CT molecular complexity index is 486. The lowest BCUT2D eigenvalue weighted by Gasteiger charge is -2.14. The van der Waals surface area contributed by atoms with Gasteiger partial charge in [-0.05, 0) is 31.9 Å². The number of hydrogen-bond acceptors (Lipinski definition) is 4. The predicted octanol–water partition coefficient (Wildman–Crippen LogP) is 2.57. The summed E-state index contributed by atoms with van der Waals surface area (Å²) in [6.07, 6.45) is 0.863. The number of unbranched alkanes of at least 4 members (excludes halogenated alkanes) is 1. The van der Waals surface area contributed by atoms with E-state index < -0.39 is 18.1 Å². The summed E-state index contributed by atoms with van der Waals surface area (Å²) < 4.78 is 4.97. The molecule has 0 fully saturated rings. The molecule has 124 valence electrons. The number of carboxylic acids is 1. The third-order valence-corrected chi connectivity index (χ3v) is 3.22. The van der Waals surface area contributed by atoms with Gasteiger partial charge in [-0.3, -0.25) is 0 Å². The monoisotopic (exact) mass is 350 g/mol. The molecule has 0 unspecified atom stereocenters. The molecule has 0 aliphatic carbocycles. The van der Waals surface area contributed by atoms with Crippen LogP contribution in [0.25, 0.3) is 0 Å². The molecule has 0 saturated heterocycles. The van der Waals surface area contributed by atoms with E-state index in [4.69, 9.17) is 27.2 Å². The molecule has 1 atom stereocenters. The van der Waals surface area contributed by atoms with Crippen LogP contribution in [0.3, 0.4) is 0 Å². The molecule has 0 radical (unpaired) electrons. The maximum atomic E-state index is 11.6. The molecule has 0 bridgehead atoms. The van der Waals surface area contributed by atoms with Crippen molar-refractivity contribution in [3.63, 3.8) is 0 Å². The summed E-state index contributed by atoms with van der Waals surface area (Å²) in [4.78, 5) is 22.6. The summed E-state index contributed by atoms with van der Waals surface area (Å²) in [6.45, 7) is 0.476. The topological polar surface area (TPSA) is 102 Å². The number of benzene rings is 1. The van der Waals surface area contributed by atoms with E-state index in [-0.39, 0.29) is 19.0 Å². The molecule has 0 spiro atoms. The molecule has 22 heavy (non-hydrogen) atoms. The van der Waals surface area contributed by atoms with Crippen molar-refractivity contribution in [2.45, 2.75) is 31.9 Å². The van der Waals surface area contributed by atoms with Gasteiger partial charge in [0, 0.05) is 10.6 Å². The first kappa shape index (κ1) is 20.5. The van der Waals surface area contributed by atoms with Gasteiger partial charge >= 0.3 is 12.1 Å². The number of alkyl carbamates (subject to hydrolysis) is 1. The highest BCUT2D eigenvalue weighted by atomic mass is 35.5. The van der Waals surface area contributed by atoms with Gasteiger partial charge in [-0.25, -0.2) is 9.59 Å². The van der Waals surface area contributed by atoms with Gasteiger partial charge in [0.25, 0.3) is 0 Å². The molecule has 0 aliphatic heterocycles. The van der Waals surface area contributed by atoms with Crippen molar-refractivity contribution in [2.75, 3.05) is 6.54 Å². The zero-order valence-corrected chi connectivity index (χ0v) is 13.5. The van der Waals surface area contributed by atoms with Crippen LogP contribution in [0.4, 0.5) is 4.79 Å². The third-order valence-electron chi connectivity index (χ3n) is 2.85. The highest BCUT2D eigenvalue weighted by Gasteiger charge is 2.20. The van der Waals surface area contributed by atoms with Gasteiger partial charge in [0.05, 0.1) is 0 Å². The number of hydrogen-bond donors (Lipinski definition) is 3. The first-order valence-electron chi connectivity index (χ1n) is 6.64.